The first-order valence-electron chi connectivity index (χ1n) is 2.61. The number of aliphatic hydroxyl groups is 1. The molecule has 0 spiro atoms. The van der Waals surface area contributed by atoms with Crippen molar-refractivity contribution in [3.05, 3.63) is 0 Å². The lowest BCUT2D eigenvalue weighted by Gasteiger charge is -1.91. The summed E-state index contributed by atoms with van der Waals surface area (Å²) in [6.07, 6.45) is 2.41. The highest BCUT2D eigenvalue weighted by atomic mass is 16.5. The molecule has 0 aromatic carbocycles. The van der Waals surface area contributed by atoms with E-state index in [2.05, 4.69) is 5.92 Å². The summed E-state index contributed by atoms with van der Waals surface area (Å²) in [7, 11) is 0. The van der Waals surface area contributed by atoms with Crippen LogP contribution in [0.2, 0.25) is 0 Å². The van der Waals surface area contributed by atoms with Gasteiger partial charge in [-0.25, -0.2) is 0 Å². The molecule has 0 aliphatic heterocycles. The standard InChI is InChI=1S/C6H10O2/c1-2-8-6-4-3-5-7/h7H,2,4,6H2,1H3. The average molecular weight is 114 g/mol. The van der Waals surface area contributed by atoms with Gasteiger partial charge in [0.25, 0.3) is 0 Å². The van der Waals surface area contributed by atoms with Gasteiger partial charge in [-0.1, -0.05) is 5.92 Å². The topological polar surface area (TPSA) is 29.5 Å². The fourth-order valence-corrected chi connectivity index (χ4v) is 0.323. The second-order valence-electron chi connectivity index (χ2n) is 1.24. The summed E-state index contributed by atoms with van der Waals surface area (Å²) in [5, 5.41) is 7.95. The molecule has 0 heterocycles. The van der Waals surface area contributed by atoms with Crippen LogP contribution in [0.5, 0.6) is 0 Å². The highest BCUT2D eigenvalue weighted by Gasteiger charge is 1.77. The fraction of sp³-hybridized carbons (Fsp3) is 0.667. The molecule has 0 fully saturated rings. The van der Waals surface area contributed by atoms with E-state index < -0.39 is 0 Å². The van der Waals surface area contributed by atoms with Crippen LogP contribution >= 0.6 is 0 Å². The maximum atomic E-state index is 7.95. The fourth-order valence-electron chi connectivity index (χ4n) is 0.323. The smallest absolute Gasteiger partial charge is 0.107 e. The molecular formula is C6H10O2. The summed E-state index contributed by atoms with van der Waals surface area (Å²) in [6.45, 7) is 3.25. The summed E-state index contributed by atoms with van der Waals surface area (Å²) in [6, 6.07) is 0. The van der Waals surface area contributed by atoms with Crippen molar-refractivity contribution in [1.82, 2.24) is 0 Å². The lowest BCUT2D eigenvalue weighted by atomic mass is 10.5. The van der Waals surface area contributed by atoms with Crippen LogP contribution in [0.3, 0.4) is 0 Å². The van der Waals surface area contributed by atoms with Crippen molar-refractivity contribution in [1.29, 1.82) is 0 Å². The monoisotopic (exact) mass is 114 g/mol. The molecule has 0 aliphatic rings. The molecule has 0 aliphatic carbocycles. The number of aliphatic hydroxyl groups excluding tert-OH is 1. The van der Waals surface area contributed by atoms with Crippen LogP contribution in [0.1, 0.15) is 13.3 Å². The van der Waals surface area contributed by atoms with Crippen LogP contribution < -0.4 is 0 Å². The van der Waals surface area contributed by atoms with Crippen molar-refractivity contribution in [2.45, 2.75) is 13.3 Å². The molecule has 0 bridgehead atoms. The summed E-state index contributed by atoms with van der Waals surface area (Å²) >= 11 is 0. The molecule has 0 aromatic rings. The molecular weight excluding hydrogens is 104 g/mol. The molecule has 8 heavy (non-hydrogen) atoms. The molecule has 0 radical (unpaired) electrons. The van der Waals surface area contributed by atoms with Gasteiger partial charge in [0, 0.05) is 13.0 Å². The van der Waals surface area contributed by atoms with Crippen LogP contribution in [0, 0.1) is 12.0 Å². The van der Waals surface area contributed by atoms with Crippen molar-refractivity contribution in [3.63, 3.8) is 0 Å². The van der Waals surface area contributed by atoms with E-state index in [9.17, 15) is 0 Å². The molecule has 1 N–H and O–H groups in total. The van der Waals surface area contributed by atoms with Gasteiger partial charge < -0.3 is 9.84 Å². The largest absolute Gasteiger partial charge is 0.462 e. The van der Waals surface area contributed by atoms with Gasteiger partial charge in [-0.05, 0) is 6.92 Å². The highest BCUT2D eigenvalue weighted by Crippen LogP contribution is 1.77. The van der Waals surface area contributed by atoms with Crippen LogP contribution in [0.4, 0.5) is 0 Å². The van der Waals surface area contributed by atoms with Crippen molar-refractivity contribution >= 4 is 0 Å². The van der Waals surface area contributed by atoms with E-state index in [-0.39, 0.29) is 0 Å². The quantitative estimate of drug-likeness (QED) is 0.433. The van der Waals surface area contributed by atoms with Crippen molar-refractivity contribution < 1.29 is 9.84 Å². The van der Waals surface area contributed by atoms with Gasteiger partial charge in [0.05, 0.1) is 6.61 Å². The Morgan fingerprint density at radius 3 is 2.88 bits per heavy atom. The van der Waals surface area contributed by atoms with E-state index >= 15 is 0 Å². The van der Waals surface area contributed by atoms with Crippen LogP contribution in [0.25, 0.3) is 0 Å². The summed E-state index contributed by atoms with van der Waals surface area (Å²) in [4.78, 5) is 0. The van der Waals surface area contributed by atoms with Gasteiger partial charge in [-0.2, -0.15) is 0 Å². The number of hydrogen-bond donors (Lipinski definition) is 1. The van der Waals surface area contributed by atoms with E-state index in [1.807, 2.05) is 6.92 Å². The molecule has 0 saturated heterocycles. The minimum atomic E-state index is 0.615. The summed E-state index contributed by atoms with van der Waals surface area (Å²) in [5.41, 5.74) is 0. The number of hydrogen-bond acceptors (Lipinski definition) is 2. The van der Waals surface area contributed by atoms with E-state index in [4.69, 9.17) is 9.84 Å². The zero-order valence-corrected chi connectivity index (χ0v) is 4.98. The molecule has 0 amide bonds. The van der Waals surface area contributed by atoms with E-state index in [1.165, 1.54) is 0 Å². The van der Waals surface area contributed by atoms with Crippen molar-refractivity contribution in [2.75, 3.05) is 13.2 Å². The van der Waals surface area contributed by atoms with Crippen LogP contribution in [-0.4, -0.2) is 18.3 Å². The Labute approximate surface area is 49.5 Å². The maximum Gasteiger partial charge on any atom is 0.107 e. The molecule has 2 heteroatoms. The van der Waals surface area contributed by atoms with Gasteiger partial charge in [0.1, 0.15) is 6.11 Å². The third-order valence-electron chi connectivity index (χ3n) is 0.655. The lowest BCUT2D eigenvalue weighted by molar-refractivity contribution is 0.153. The Bertz CT molecular complexity index is 88.4. The van der Waals surface area contributed by atoms with Gasteiger partial charge in [0.2, 0.25) is 0 Å². The minimum Gasteiger partial charge on any atom is -0.462 e. The number of ether oxygens (including phenoxy) is 1. The molecule has 0 aromatic heterocycles. The Kier molecular flexibility index (Phi) is 5.78. The lowest BCUT2D eigenvalue weighted by Crippen LogP contribution is -1.90. The van der Waals surface area contributed by atoms with Gasteiger partial charge in [0.15, 0.2) is 0 Å². The Morgan fingerprint density at radius 1 is 1.62 bits per heavy atom. The first-order chi connectivity index (χ1) is 3.91. The molecule has 46 valence electrons. The third-order valence-corrected chi connectivity index (χ3v) is 0.655. The van der Waals surface area contributed by atoms with E-state index in [0.717, 1.165) is 0 Å². The Balaban J connectivity index is 2.79. The summed E-state index contributed by atoms with van der Waals surface area (Å²) < 4.78 is 4.92. The molecule has 0 unspecified atom stereocenters. The third kappa shape index (κ3) is 5.32. The predicted molar refractivity (Wildman–Crippen MR) is 30.8 cm³/mol. The predicted octanol–water partition coefficient (Wildman–Crippen LogP) is 0.746. The molecule has 0 rings (SSSR count). The highest BCUT2D eigenvalue weighted by molar-refractivity contribution is 4.88. The average Bonchev–Trinajstić information content (AvgIpc) is 1.81. The normalized spacial score (nSPS) is 7.62. The number of rotatable bonds is 3. The van der Waals surface area contributed by atoms with Crippen LogP contribution in [-0.2, 0) is 4.74 Å². The van der Waals surface area contributed by atoms with E-state index in [0.29, 0.717) is 19.6 Å². The zero-order chi connectivity index (χ0) is 6.24. The molecule has 0 atom stereocenters. The Hall–Kier alpha value is -0.680. The second-order valence-corrected chi connectivity index (χ2v) is 1.24. The first kappa shape index (κ1) is 7.32. The van der Waals surface area contributed by atoms with Gasteiger partial charge in [-0.15, -0.1) is 0 Å². The van der Waals surface area contributed by atoms with Crippen LogP contribution in [0.15, 0.2) is 0 Å². The maximum absolute atomic E-state index is 7.95. The minimum absolute atomic E-state index is 0.615. The Morgan fingerprint density at radius 2 is 2.38 bits per heavy atom. The molecule has 2 nitrogen and oxygen atoms in total. The second kappa shape index (κ2) is 6.32. The van der Waals surface area contributed by atoms with Gasteiger partial charge >= 0.3 is 0 Å². The SMILES string of the molecule is CCOCCC#CO. The first-order valence-corrected chi connectivity index (χ1v) is 2.61. The van der Waals surface area contributed by atoms with Crippen molar-refractivity contribution in [3.8, 4) is 12.0 Å². The van der Waals surface area contributed by atoms with Gasteiger partial charge in [-0.3, -0.25) is 0 Å². The van der Waals surface area contributed by atoms with Crippen molar-refractivity contribution in [2.24, 2.45) is 0 Å². The molecule has 0 saturated carbocycles. The zero-order valence-electron chi connectivity index (χ0n) is 4.98. The van der Waals surface area contributed by atoms with E-state index in [1.54, 1.807) is 6.11 Å². The summed E-state index contributed by atoms with van der Waals surface area (Å²) in [5.74, 6) is 2.46.